The lowest BCUT2D eigenvalue weighted by Gasteiger charge is -2.10. The van der Waals surface area contributed by atoms with E-state index in [-0.39, 0.29) is 17.0 Å². The van der Waals surface area contributed by atoms with Crippen LogP contribution in [0.5, 0.6) is 0 Å². The molecular weight excluding hydrogens is 342 g/mol. The molecule has 2 N–H and O–H groups in total. The first kappa shape index (κ1) is 17.2. The molecule has 1 aliphatic carbocycles. The number of pyridine rings is 2. The highest BCUT2D eigenvalue weighted by Crippen LogP contribution is 2.18. The molecule has 3 heterocycles. The Morgan fingerprint density at radius 2 is 2.07 bits per heavy atom. The normalized spacial score (nSPS) is 13.6. The molecule has 27 heavy (non-hydrogen) atoms. The summed E-state index contributed by atoms with van der Waals surface area (Å²) in [5, 5.41) is 2.84. The number of aryl methyl sites for hydroxylation is 2. The van der Waals surface area contributed by atoms with Crippen molar-refractivity contribution in [3.8, 4) is 5.82 Å². The van der Waals surface area contributed by atoms with Crippen molar-refractivity contribution in [3.63, 3.8) is 0 Å². The Morgan fingerprint density at radius 3 is 2.93 bits per heavy atom. The summed E-state index contributed by atoms with van der Waals surface area (Å²) in [5.74, 6) is 0.367. The van der Waals surface area contributed by atoms with Crippen molar-refractivity contribution in [1.29, 1.82) is 0 Å². The topological polar surface area (TPSA) is 92.7 Å². The lowest BCUT2D eigenvalue weighted by molar-refractivity contribution is 0.0949. The molecule has 0 unspecified atom stereocenters. The van der Waals surface area contributed by atoms with Crippen LogP contribution in [0.4, 0.5) is 0 Å². The van der Waals surface area contributed by atoms with Crippen LogP contribution in [0.3, 0.4) is 0 Å². The van der Waals surface area contributed by atoms with Gasteiger partial charge in [0, 0.05) is 30.8 Å². The standard InChI is InChI=1S/C20H21N5O2/c26-19(16-11-15-4-2-1-3-5-17(15)24-20(16)27)23-12-14-6-7-22-18(10-14)25-9-8-21-13-25/h6-11,13H,1-5,12H2,(H,23,26)(H,24,27). The quantitative estimate of drug-likeness (QED) is 0.695. The van der Waals surface area contributed by atoms with Gasteiger partial charge >= 0.3 is 0 Å². The molecule has 3 aromatic heterocycles. The summed E-state index contributed by atoms with van der Waals surface area (Å²) in [6, 6.07) is 5.48. The van der Waals surface area contributed by atoms with E-state index in [0.717, 1.165) is 54.7 Å². The maximum Gasteiger partial charge on any atom is 0.261 e. The third kappa shape index (κ3) is 3.81. The fourth-order valence-corrected chi connectivity index (χ4v) is 3.40. The predicted octanol–water partition coefficient (Wildman–Crippen LogP) is 2.15. The van der Waals surface area contributed by atoms with E-state index in [4.69, 9.17) is 0 Å². The van der Waals surface area contributed by atoms with Crippen molar-refractivity contribution in [3.05, 3.63) is 75.9 Å². The number of carbonyl (C=O) groups is 1. The lowest BCUT2D eigenvalue weighted by atomic mass is 10.1. The number of H-pyrrole nitrogens is 1. The molecule has 0 fully saturated rings. The molecule has 0 aliphatic heterocycles. The molecule has 0 saturated heterocycles. The monoisotopic (exact) mass is 363 g/mol. The third-order valence-electron chi connectivity index (χ3n) is 4.86. The van der Waals surface area contributed by atoms with Gasteiger partial charge in [-0.05, 0) is 55.0 Å². The van der Waals surface area contributed by atoms with Crippen molar-refractivity contribution < 1.29 is 4.79 Å². The molecular formula is C20H21N5O2. The molecule has 0 aromatic carbocycles. The highest BCUT2D eigenvalue weighted by Gasteiger charge is 2.16. The van der Waals surface area contributed by atoms with E-state index < -0.39 is 0 Å². The minimum Gasteiger partial charge on any atom is -0.348 e. The Bertz CT molecular complexity index is 1010. The van der Waals surface area contributed by atoms with Crippen molar-refractivity contribution in [1.82, 2.24) is 24.8 Å². The number of hydrogen-bond acceptors (Lipinski definition) is 4. The molecule has 0 radical (unpaired) electrons. The number of imidazole rings is 1. The summed E-state index contributed by atoms with van der Waals surface area (Å²) < 4.78 is 1.79. The SMILES string of the molecule is O=C(NCc1ccnc(-n2ccnc2)c1)c1cc2c([nH]c1=O)CCCCC2. The van der Waals surface area contributed by atoms with Crippen molar-refractivity contribution in [2.24, 2.45) is 0 Å². The number of hydrogen-bond donors (Lipinski definition) is 2. The maximum absolute atomic E-state index is 12.6. The van der Waals surface area contributed by atoms with Crippen molar-refractivity contribution in [2.75, 3.05) is 0 Å². The Balaban J connectivity index is 1.49. The number of rotatable bonds is 4. The number of nitrogens with zero attached hydrogens (tertiary/aromatic N) is 3. The molecule has 4 rings (SSSR count). The van der Waals surface area contributed by atoms with Gasteiger partial charge in [-0.2, -0.15) is 0 Å². The molecule has 138 valence electrons. The molecule has 1 amide bonds. The lowest BCUT2D eigenvalue weighted by Crippen LogP contribution is -2.30. The van der Waals surface area contributed by atoms with Gasteiger partial charge in [-0.15, -0.1) is 0 Å². The van der Waals surface area contributed by atoms with Crippen LogP contribution in [0.1, 0.15) is 46.4 Å². The fraction of sp³-hybridized carbons (Fsp3) is 0.300. The Morgan fingerprint density at radius 1 is 1.19 bits per heavy atom. The Labute approximate surface area is 156 Å². The molecule has 7 heteroatoms. The van der Waals surface area contributed by atoms with E-state index in [2.05, 4.69) is 20.3 Å². The molecule has 3 aromatic rings. The third-order valence-corrected chi connectivity index (χ3v) is 4.86. The second-order valence-corrected chi connectivity index (χ2v) is 6.75. The van der Waals surface area contributed by atoms with Crippen LogP contribution in [0.15, 0.2) is 47.9 Å². The largest absolute Gasteiger partial charge is 0.348 e. The molecule has 0 spiro atoms. The zero-order valence-corrected chi connectivity index (χ0v) is 14.9. The minimum atomic E-state index is -0.357. The summed E-state index contributed by atoms with van der Waals surface area (Å²) in [6.07, 6.45) is 11.9. The Kier molecular flexibility index (Phi) is 4.82. The van der Waals surface area contributed by atoms with Crippen molar-refractivity contribution in [2.45, 2.75) is 38.6 Å². The number of amides is 1. The summed E-state index contributed by atoms with van der Waals surface area (Å²) in [4.78, 5) is 36.1. The van der Waals surface area contributed by atoms with Gasteiger partial charge in [0.15, 0.2) is 0 Å². The van der Waals surface area contributed by atoms with Gasteiger partial charge in [0.25, 0.3) is 11.5 Å². The number of carbonyl (C=O) groups excluding carboxylic acids is 1. The van der Waals surface area contributed by atoms with E-state index in [0.29, 0.717) is 6.54 Å². The van der Waals surface area contributed by atoms with Gasteiger partial charge < -0.3 is 10.3 Å². The van der Waals surface area contributed by atoms with Gasteiger partial charge in [-0.1, -0.05) is 6.42 Å². The van der Waals surface area contributed by atoms with Crippen molar-refractivity contribution >= 4 is 5.91 Å². The molecule has 1 aliphatic rings. The van der Waals surface area contributed by atoms with Crippen LogP contribution in [-0.4, -0.2) is 25.4 Å². The molecule has 0 atom stereocenters. The highest BCUT2D eigenvalue weighted by molar-refractivity contribution is 5.94. The van der Waals surface area contributed by atoms with E-state index in [9.17, 15) is 9.59 Å². The zero-order valence-electron chi connectivity index (χ0n) is 14.9. The average Bonchev–Trinajstić information content (AvgIpc) is 3.13. The minimum absolute atomic E-state index is 0.180. The molecule has 7 nitrogen and oxygen atoms in total. The van der Waals surface area contributed by atoms with E-state index >= 15 is 0 Å². The average molecular weight is 363 g/mol. The van der Waals surface area contributed by atoms with Gasteiger partial charge in [-0.3, -0.25) is 14.2 Å². The second-order valence-electron chi connectivity index (χ2n) is 6.75. The number of nitrogens with one attached hydrogen (secondary N) is 2. The van der Waals surface area contributed by atoms with Crippen LogP contribution >= 0.6 is 0 Å². The predicted molar refractivity (Wildman–Crippen MR) is 101 cm³/mol. The maximum atomic E-state index is 12.6. The van der Waals surface area contributed by atoms with Crippen LogP contribution in [0, 0.1) is 0 Å². The molecule has 0 bridgehead atoms. The first-order chi connectivity index (χ1) is 13.2. The second kappa shape index (κ2) is 7.57. The van der Waals surface area contributed by atoms with E-state index in [1.807, 2.05) is 12.1 Å². The van der Waals surface area contributed by atoms with Crippen LogP contribution in [0.2, 0.25) is 0 Å². The number of fused-ring (bicyclic) bond motifs is 1. The summed E-state index contributed by atoms with van der Waals surface area (Å²) >= 11 is 0. The zero-order chi connectivity index (χ0) is 18.6. The first-order valence-electron chi connectivity index (χ1n) is 9.17. The van der Waals surface area contributed by atoms with Crippen LogP contribution < -0.4 is 10.9 Å². The summed E-state index contributed by atoms with van der Waals surface area (Å²) in [6.45, 7) is 0.319. The van der Waals surface area contributed by atoms with Gasteiger partial charge in [0.2, 0.25) is 0 Å². The number of aromatic amines is 1. The fourth-order valence-electron chi connectivity index (χ4n) is 3.40. The smallest absolute Gasteiger partial charge is 0.261 e. The first-order valence-corrected chi connectivity index (χ1v) is 9.17. The highest BCUT2D eigenvalue weighted by atomic mass is 16.2. The van der Waals surface area contributed by atoms with Crippen LogP contribution in [0.25, 0.3) is 5.82 Å². The van der Waals surface area contributed by atoms with E-state index in [1.54, 1.807) is 35.6 Å². The van der Waals surface area contributed by atoms with Crippen LogP contribution in [-0.2, 0) is 19.4 Å². The van der Waals surface area contributed by atoms with Gasteiger partial charge in [-0.25, -0.2) is 9.97 Å². The van der Waals surface area contributed by atoms with Gasteiger partial charge in [0.05, 0.1) is 0 Å². The van der Waals surface area contributed by atoms with Gasteiger partial charge in [0.1, 0.15) is 17.7 Å². The van der Waals surface area contributed by atoms with E-state index in [1.165, 1.54) is 0 Å². The Hall–Kier alpha value is -3.22. The molecule has 0 saturated carbocycles. The summed E-state index contributed by atoms with van der Waals surface area (Å²) in [7, 11) is 0. The number of aromatic nitrogens is 4. The summed E-state index contributed by atoms with van der Waals surface area (Å²) in [5.41, 5.74) is 2.83.